The molecule has 0 saturated heterocycles. The van der Waals surface area contributed by atoms with E-state index in [0.717, 1.165) is 30.8 Å². The zero-order valence-corrected chi connectivity index (χ0v) is 11.4. The number of hydrogen-bond donors (Lipinski definition) is 0. The van der Waals surface area contributed by atoms with Crippen LogP contribution in [0.3, 0.4) is 0 Å². The van der Waals surface area contributed by atoms with Crippen LogP contribution in [0.1, 0.15) is 31.9 Å². The highest BCUT2D eigenvalue weighted by Crippen LogP contribution is 2.15. The van der Waals surface area contributed by atoms with E-state index in [1.165, 1.54) is 6.42 Å². The SMILES string of the molecule is CCC(CCCN(C)C)Oc1ccc(C)nc1. The molecule has 0 amide bonds. The molecule has 96 valence electrons. The fourth-order valence-electron chi connectivity index (χ4n) is 1.70. The largest absolute Gasteiger partial charge is 0.489 e. The van der Waals surface area contributed by atoms with Crippen LogP contribution in [0.5, 0.6) is 5.75 Å². The van der Waals surface area contributed by atoms with Gasteiger partial charge in [0.1, 0.15) is 5.75 Å². The van der Waals surface area contributed by atoms with E-state index in [-0.39, 0.29) is 0 Å². The van der Waals surface area contributed by atoms with Crippen molar-refractivity contribution in [1.82, 2.24) is 9.88 Å². The van der Waals surface area contributed by atoms with Crippen molar-refractivity contribution in [2.45, 2.75) is 39.2 Å². The lowest BCUT2D eigenvalue weighted by molar-refractivity contribution is 0.178. The molecule has 0 N–H and O–H groups in total. The fraction of sp³-hybridized carbons (Fsp3) is 0.643. The molecule has 0 aliphatic rings. The monoisotopic (exact) mass is 236 g/mol. The molecule has 1 unspecified atom stereocenters. The van der Waals surface area contributed by atoms with Crippen molar-refractivity contribution >= 4 is 0 Å². The Labute approximate surface area is 105 Å². The number of rotatable bonds is 7. The summed E-state index contributed by atoms with van der Waals surface area (Å²) in [7, 11) is 4.21. The Morgan fingerprint density at radius 3 is 2.65 bits per heavy atom. The summed E-state index contributed by atoms with van der Waals surface area (Å²) in [5.74, 6) is 0.882. The normalized spacial score (nSPS) is 12.8. The Balaban J connectivity index is 2.38. The molecule has 1 atom stereocenters. The van der Waals surface area contributed by atoms with E-state index < -0.39 is 0 Å². The first kappa shape index (κ1) is 14.0. The second-order valence-electron chi connectivity index (χ2n) is 4.73. The van der Waals surface area contributed by atoms with Gasteiger partial charge in [-0.2, -0.15) is 0 Å². The predicted octanol–water partition coefficient (Wildman–Crippen LogP) is 2.89. The van der Waals surface area contributed by atoms with Crippen molar-refractivity contribution in [3.05, 3.63) is 24.0 Å². The minimum Gasteiger partial charge on any atom is -0.489 e. The smallest absolute Gasteiger partial charge is 0.138 e. The minimum absolute atomic E-state index is 0.305. The molecular formula is C14H24N2O. The zero-order chi connectivity index (χ0) is 12.7. The number of aryl methyl sites for hydroxylation is 1. The molecule has 0 radical (unpaired) electrons. The molecule has 1 rings (SSSR count). The summed E-state index contributed by atoms with van der Waals surface area (Å²) < 4.78 is 5.92. The lowest BCUT2D eigenvalue weighted by Gasteiger charge is -2.18. The van der Waals surface area contributed by atoms with E-state index in [1.54, 1.807) is 0 Å². The van der Waals surface area contributed by atoms with Crippen LogP contribution in [0, 0.1) is 6.92 Å². The predicted molar refractivity (Wildman–Crippen MR) is 71.5 cm³/mol. The topological polar surface area (TPSA) is 25.4 Å². The molecule has 0 saturated carbocycles. The maximum Gasteiger partial charge on any atom is 0.138 e. The molecule has 17 heavy (non-hydrogen) atoms. The number of ether oxygens (including phenoxy) is 1. The van der Waals surface area contributed by atoms with Gasteiger partial charge in [0.05, 0.1) is 12.3 Å². The number of aromatic nitrogens is 1. The molecule has 0 fully saturated rings. The van der Waals surface area contributed by atoms with Crippen molar-refractivity contribution < 1.29 is 4.74 Å². The number of hydrogen-bond acceptors (Lipinski definition) is 3. The van der Waals surface area contributed by atoms with Gasteiger partial charge in [-0.3, -0.25) is 4.98 Å². The molecule has 0 aromatic carbocycles. The lowest BCUT2D eigenvalue weighted by Crippen LogP contribution is -2.19. The van der Waals surface area contributed by atoms with Gasteiger partial charge in [0.25, 0.3) is 0 Å². The molecule has 3 heteroatoms. The zero-order valence-electron chi connectivity index (χ0n) is 11.4. The first-order valence-corrected chi connectivity index (χ1v) is 6.36. The minimum atomic E-state index is 0.305. The Hall–Kier alpha value is -1.09. The molecule has 3 nitrogen and oxygen atoms in total. The van der Waals surface area contributed by atoms with Crippen LogP contribution in [0.2, 0.25) is 0 Å². The van der Waals surface area contributed by atoms with Gasteiger partial charge in [0.15, 0.2) is 0 Å². The quantitative estimate of drug-likeness (QED) is 0.728. The third-order valence-corrected chi connectivity index (χ3v) is 2.77. The van der Waals surface area contributed by atoms with Gasteiger partial charge in [0.2, 0.25) is 0 Å². The van der Waals surface area contributed by atoms with Gasteiger partial charge in [-0.15, -0.1) is 0 Å². The summed E-state index contributed by atoms with van der Waals surface area (Å²) in [6, 6.07) is 3.98. The lowest BCUT2D eigenvalue weighted by atomic mass is 10.1. The second-order valence-corrected chi connectivity index (χ2v) is 4.73. The summed E-state index contributed by atoms with van der Waals surface area (Å²) in [5.41, 5.74) is 1.03. The summed E-state index contributed by atoms with van der Waals surface area (Å²) in [5, 5.41) is 0. The van der Waals surface area contributed by atoms with Crippen LogP contribution in [-0.2, 0) is 0 Å². The Morgan fingerprint density at radius 2 is 2.12 bits per heavy atom. The summed E-state index contributed by atoms with van der Waals surface area (Å²) in [6.07, 6.45) is 5.43. The third-order valence-electron chi connectivity index (χ3n) is 2.77. The Kier molecular flexibility index (Phi) is 5.98. The maximum atomic E-state index is 5.92. The maximum absolute atomic E-state index is 5.92. The van der Waals surface area contributed by atoms with Gasteiger partial charge < -0.3 is 9.64 Å². The molecule has 0 aliphatic carbocycles. The van der Waals surface area contributed by atoms with Crippen molar-refractivity contribution in [3.8, 4) is 5.75 Å². The number of pyridine rings is 1. The van der Waals surface area contributed by atoms with Gasteiger partial charge >= 0.3 is 0 Å². The first-order valence-electron chi connectivity index (χ1n) is 6.36. The van der Waals surface area contributed by atoms with Gasteiger partial charge in [0, 0.05) is 5.69 Å². The van der Waals surface area contributed by atoms with E-state index in [0.29, 0.717) is 6.10 Å². The highest BCUT2D eigenvalue weighted by atomic mass is 16.5. The van der Waals surface area contributed by atoms with Crippen LogP contribution in [0.4, 0.5) is 0 Å². The highest BCUT2D eigenvalue weighted by Gasteiger charge is 2.08. The van der Waals surface area contributed by atoms with Crippen LogP contribution in [-0.4, -0.2) is 36.6 Å². The summed E-state index contributed by atoms with van der Waals surface area (Å²) in [6.45, 7) is 5.27. The standard InChI is InChI=1S/C14H24N2O/c1-5-13(7-6-10-16(3)4)17-14-9-8-12(2)15-11-14/h8-9,11,13H,5-7,10H2,1-4H3. The van der Waals surface area contributed by atoms with E-state index in [1.807, 2.05) is 25.3 Å². The van der Waals surface area contributed by atoms with Crippen molar-refractivity contribution in [2.24, 2.45) is 0 Å². The van der Waals surface area contributed by atoms with Gasteiger partial charge in [-0.25, -0.2) is 0 Å². The second kappa shape index (κ2) is 7.28. The van der Waals surface area contributed by atoms with Crippen molar-refractivity contribution in [3.63, 3.8) is 0 Å². The molecule has 0 aliphatic heterocycles. The molecule has 1 heterocycles. The summed E-state index contributed by atoms with van der Waals surface area (Å²) in [4.78, 5) is 6.45. The van der Waals surface area contributed by atoms with Crippen molar-refractivity contribution in [2.75, 3.05) is 20.6 Å². The molecule has 0 spiro atoms. The van der Waals surface area contributed by atoms with E-state index in [2.05, 4.69) is 30.9 Å². The number of nitrogens with zero attached hydrogens (tertiary/aromatic N) is 2. The first-order chi connectivity index (χ1) is 8.11. The Morgan fingerprint density at radius 1 is 1.35 bits per heavy atom. The average Bonchev–Trinajstić information content (AvgIpc) is 2.30. The third kappa shape index (κ3) is 5.68. The van der Waals surface area contributed by atoms with Crippen LogP contribution in [0.15, 0.2) is 18.3 Å². The average molecular weight is 236 g/mol. The van der Waals surface area contributed by atoms with Crippen LogP contribution < -0.4 is 4.74 Å². The van der Waals surface area contributed by atoms with Gasteiger partial charge in [-0.05, 0) is 59.0 Å². The van der Waals surface area contributed by atoms with Gasteiger partial charge in [-0.1, -0.05) is 6.92 Å². The molecule has 1 aromatic heterocycles. The van der Waals surface area contributed by atoms with Crippen molar-refractivity contribution in [1.29, 1.82) is 0 Å². The van der Waals surface area contributed by atoms with E-state index >= 15 is 0 Å². The summed E-state index contributed by atoms with van der Waals surface area (Å²) >= 11 is 0. The van der Waals surface area contributed by atoms with Crippen LogP contribution >= 0.6 is 0 Å². The molecular weight excluding hydrogens is 212 g/mol. The molecule has 1 aromatic rings. The van der Waals surface area contributed by atoms with E-state index in [4.69, 9.17) is 4.74 Å². The molecule has 0 bridgehead atoms. The van der Waals surface area contributed by atoms with Crippen LogP contribution in [0.25, 0.3) is 0 Å². The highest BCUT2D eigenvalue weighted by molar-refractivity contribution is 5.19. The fourth-order valence-corrected chi connectivity index (χ4v) is 1.70. The van der Waals surface area contributed by atoms with E-state index in [9.17, 15) is 0 Å². The Bertz CT molecular complexity index is 309.